The summed E-state index contributed by atoms with van der Waals surface area (Å²) in [4.78, 5) is 43.2. The maximum Gasteiger partial charge on any atom is 0.351 e. The van der Waals surface area contributed by atoms with Crippen molar-refractivity contribution in [1.29, 1.82) is 0 Å². The maximum absolute atomic E-state index is 11.9. The Morgan fingerprint density at radius 3 is 1.97 bits per heavy atom. The summed E-state index contributed by atoms with van der Waals surface area (Å²) in [6, 6.07) is 0. The van der Waals surface area contributed by atoms with Crippen molar-refractivity contribution in [2.45, 2.75) is 58.3 Å². The summed E-state index contributed by atoms with van der Waals surface area (Å²) < 4.78 is 10.5. The van der Waals surface area contributed by atoms with E-state index in [0.29, 0.717) is 13.2 Å². The summed E-state index contributed by atoms with van der Waals surface area (Å²) in [6.07, 6.45) is 8.34. The average molecular weight is 415 g/mol. The Kier molecular flexibility index (Phi) is 11.9. The van der Waals surface area contributed by atoms with Crippen LogP contribution < -0.4 is 10.0 Å². The van der Waals surface area contributed by atoms with Crippen molar-refractivity contribution in [2.75, 3.05) is 32.8 Å². The largest absolute Gasteiger partial charge is 0.539 e. The number of quaternary nitrogens is 1. The van der Waals surface area contributed by atoms with E-state index in [-0.39, 0.29) is 23.8 Å². The number of ether oxygens (including phenoxy) is 2. The van der Waals surface area contributed by atoms with Gasteiger partial charge in [-0.3, -0.25) is 9.59 Å². The number of esters is 2. The van der Waals surface area contributed by atoms with Gasteiger partial charge in [-0.15, -0.1) is 0 Å². The van der Waals surface area contributed by atoms with Gasteiger partial charge < -0.3 is 29.4 Å². The topological polar surface area (TPSA) is 134 Å². The average Bonchev–Trinajstić information content (AvgIpc) is 2.72. The minimum atomic E-state index is -2.07. The molecule has 166 valence electrons. The van der Waals surface area contributed by atoms with Crippen LogP contribution in [-0.2, 0) is 28.7 Å². The van der Waals surface area contributed by atoms with Gasteiger partial charge in [0, 0.05) is 19.3 Å². The van der Waals surface area contributed by atoms with Crippen LogP contribution in [0.3, 0.4) is 0 Å². The summed E-state index contributed by atoms with van der Waals surface area (Å²) in [5, 5.41) is 16.3. The van der Waals surface area contributed by atoms with Gasteiger partial charge in [0.2, 0.25) is 0 Å². The molecule has 29 heavy (non-hydrogen) atoms. The molecule has 0 atom stereocenters. The minimum absolute atomic E-state index is 0.0146. The summed E-state index contributed by atoms with van der Waals surface area (Å²) in [5.74, 6) is -3.79. The monoisotopic (exact) mass is 415 g/mol. The first-order valence-electron chi connectivity index (χ1n) is 10.5. The lowest BCUT2D eigenvalue weighted by atomic mass is 9.89. The SMILES string of the molecule is CCOC(=O)C1CC[NH+](CCCOC(=O)C2CCCCC2)CC1.O=C([O-])C(=O)O. The zero-order valence-corrected chi connectivity index (χ0v) is 17.2. The van der Waals surface area contributed by atoms with Crippen LogP contribution in [0.4, 0.5) is 0 Å². The molecule has 1 saturated carbocycles. The van der Waals surface area contributed by atoms with Gasteiger partial charge in [-0.1, -0.05) is 19.3 Å². The lowest BCUT2D eigenvalue weighted by Gasteiger charge is -2.28. The van der Waals surface area contributed by atoms with Crippen molar-refractivity contribution in [3.8, 4) is 0 Å². The molecule has 0 bridgehead atoms. The molecule has 1 saturated heterocycles. The van der Waals surface area contributed by atoms with Gasteiger partial charge in [-0.2, -0.15) is 0 Å². The highest BCUT2D eigenvalue weighted by Gasteiger charge is 2.28. The summed E-state index contributed by atoms with van der Waals surface area (Å²) in [6.45, 7) is 5.92. The van der Waals surface area contributed by atoms with Gasteiger partial charge in [0.1, 0.15) is 0 Å². The fourth-order valence-corrected chi connectivity index (χ4v) is 3.72. The molecule has 9 nitrogen and oxygen atoms in total. The second-order valence-electron chi connectivity index (χ2n) is 7.47. The van der Waals surface area contributed by atoms with E-state index in [1.807, 2.05) is 6.92 Å². The van der Waals surface area contributed by atoms with Crippen LogP contribution >= 0.6 is 0 Å². The molecule has 1 heterocycles. The fourth-order valence-electron chi connectivity index (χ4n) is 3.72. The third-order valence-electron chi connectivity index (χ3n) is 5.34. The number of carbonyl (C=O) groups excluding carboxylic acids is 3. The minimum Gasteiger partial charge on any atom is -0.539 e. The number of carboxylic acid groups (broad SMARTS) is 2. The standard InChI is InChI=1S/C18H31NO4.C2H2O4/c1-2-22-17(20)16-9-12-19(13-10-16)11-6-14-23-18(21)15-7-4-3-5-8-15;3-1(4)2(5)6/h15-16H,2-14H2,1H3;(H,3,4)(H,5,6). The Morgan fingerprint density at radius 2 is 1.45 bits per heavy atom. The number of carboxylic acids is 2. The second kappa shape index (κ2) is 13.9. The molecule has 1 aliphatic carbocycles. The quantitative estimate of drug-likeness (QED) is 0.313. The highest BCUT2D eigenvalue weighted by atomic mass is 16.5. The third kappa shape index (κ3) is 10.3. The predicted molar refractivity (Wildman–Crippen MR) is 99.7 cm³/mol. The molecule has 0 radical (unpaired) electrons. The van der Waals surface area contributed by atoms with Crippen LogP contribution in [0.15, 0.2) is 0 Å². The molecule has 0 aromatic heterocycles. The first-order chi connectivity index (χ1) is 13.8. The molecule has 1 aliphatic heterocycles. The zero-order valence-electron chi connectivity index (χ0n) is 17.2. The molecule has 0 aromatic carbocycles. The van der Waals surface area contributed by atoms with Crippen LogP contribution in [0.25, 0.3) is 0 Å². The van der Waals surface area contributed by atoms with Crippen molar-refractivity contribution in [3.05, 3.63) is 0 Å². The van der Waals surface area contributed by atoms with Gasteiger partial charge in [-0.25, -0.2) is 4.79 Å². The summed E-state index contributed by atoms with van der Waals surface area (Å²) >= 11 is 0. The molecular formula is C20H33NO8. The number of hydrogen-bond donors (Lipinski definition) is 2. The van der Waals surface area contributed by atoms with Gasteiger partial charge in [-0.05, 0) is 19.8 Å². The van der Waals surface area contributed by atoms with Crippen molar-refractivity contribution in [3.63, 3.8) is 0 Å². The number of carbonyl (C=O) groups is 4. The number of aliphatic carboxylic acids is 2. The fraction of sp³-hybridized carbons (Fsp3) is 0.800. The van der Waals surface area contributed by atoms with Gasteiger partial charge >= 0.3 is 17.9 Å². The smallest absolute Gasteiger partial charge is 0.351 e. The normalized spacial score (nSPS) is 22.0. The van der Waals surface area contributed by atoms with Crippen molar-refractivity contribution in [1.82, 2.24) is 0 Å². The van der Waals surface area contributed by atoms with Gasteiger partial charge in [0.05, 0.1) is 44.7 Å². The van der Waals surface area contributed by atoms with E-state index < -0.39 is 11.9 Å². The summed E-state index contributed by atoms with van der Waals surface area (Å²) in [7, 11) is 0. The Labute approximate surface area is 171 Å². The van der Waals surface area contributed by atoms with Gasteiger partial charge in [0.15, 0.2) is 5.97 Å². The highest BCUT2D eigenvalue weighted by molar-refractivity contribution is 6.26. The van der Waals surface area contributed by atoms with E-state index in [9.17, 15) is 9.59 Å². The molecule has 2 rings (SSSR count). The molecule has 2 aliphatic rings. The Bertz CT molecular complexity index is 525. The molecule has 0 spiro atoms. The maximum atomic E-state index is 11.9. The van der Waals surface area contributed by atoms with Crippen molar-refractivity contribution in [2.24, 2.45) is 11.8 Å². The third-order valence-corrected chi connectivity index (χ3v) is 5.34. The first kappa shape index (κ1) is 24.9. The number of piperidine rings is 1. The van der Waals surface area contributed by atoms with E-state index in [2.05, 4.69) is 0 Å². The number of rotatable bonds is 7. The molecule has 0 unspecified atom stereocenters. The molecular weight excluding hydrogens is 382 g/mol. The number of likely N-dealkylation sites (tertiary alicyclic amines) is 1. The second-order valence-corrected chi connectivity index (χ2v) is 7.47. The molecule has 0 amide bonds. The van der Waals surface area contributed by atoms with E-state index in [0.717, 1.165) is 51.7 Å². The Balaban J connectivity index is 0.000000612. The zero-order chi connectivity index (χ0) is 21.6. The van der Waals surface area contributed by atoms with E-state index in [1.54, 1.807) is 0 Å². The molecule has 2 fully saturated rings. The van der Waals surface area contributed by atoms with Crippen molar-refractivity contribution < 1.29 is 43.8 Å². The Hall–Kier alpha value is -2.16. The number of nitrogens with one attached hydrogen (secondary N) is 1. The van der Waals surface area contributed by atoms with Crippen LogP contribution in [0.5, 0.6) is 0 Å². The lowest BCUT2D eigenvalue weighted by Crippen LogP contribution is -3.13. The number of hydrogen-bond acceptors (Lipinski definition) is 7. The lowest BCUT2D eigenvalue weighted by molar-refractivity contribution is -0.906. The van der Waals surface area contributed by atoms with E-state index in [1.165, 1.54) is 24.2 Å². The predicted octanol–water partition coefficient (Wildman–Crippen LogP) is -0.821. The Morgan fingerprint density at radius 1 is 0.931 bits per heavy atom. The van der Waals surface area contributed by atoms with Crippen molar-refractivity contribution >= 4 is 23.9 Å². The molecule has 9 heteroatoms. The van der Waals surface area contributed by atoms with Crippen LogP contribution in [0, 0.1) is 11.8 Å². The van der Waals surface area contributed by atoms with Crippen LogP contribution in [-0.4, -0.2) is 61.8 Å². The van der Waals surface area contributed by atoms with Crippen LogP contribution in [0.1, 0.15) is 58.3 Å². The summed E-state index contributed by atoms with van der Waals surface area (Å²) in [5.41, 5.74) is 0. The molecule has 2 N–H and O–H groups in total. The molecule has 0 aromatic rings. The van der Waals surface area contributed by atoms with Crippen LogP contribution in [0.2, 0.25) is 0 Å². The van der Waals surface area contributed by atoms with E-state index >= 15 is 0 Å². The first-order valence-corrected chi connectivity index (χ1v) is 10.5. The van der Waals surface area contributed by atoms with E-state index in [4.69, 9.17) is 29.3 Å². The van der Waals surface area contributed by atoms with Gasteiger partial charge in [0.25, 0.3) is 0 Å². The highest BCUT2D eigenvalue weighted by Crippen LogP contribution is 2.24.